The second kappa shape index (κ2) is 6.43. The van der Waals surface area contributed by atoms with E-state index in [0.29, 0.717) is 5.69 Å². The summed E-state index contributed by atoms with van der Waals surface area (Å²) in [6, 6.07) is 10.4. The molecule has 6 nitrogen and oxygen atoms in total. The number of nitrogens with one attached hydrogen (secondary N) is 2. The largest absolute Gasteiger partial charge is 0.355 e. The lowest BCUT2D eigenvalue weighted by Gasteiger charge is -2.33. The molecule has 114 valence electrons. The minimum absolute atomic E-state index is 0.0481. The number of hydrogen-bond acceptors (Lipinski definition) is 4. The molecular weight excluding hydrogens is 280 g/mol. The molecule has 1 atom stereocenters. The summed E-state index contributed by atoms with van der Waals surface area (Å²) in [4.78, 5) is 32.5. The van der Waals surface area contributed by atoms with E-state index >= 15 is 0 Å². The fourth-order valence-corrected chi connectivity index (χ4v) is 2.69. The van der Waals surface area contributed by atoms with Gasteiger partial charge in [0.2, 0.25) is 5.56 Å². The number of carbonyl (C=O) groups is 1. The fraction of sp³-hybridized carbons (Fsp3) is 0.312. The van der Waals surface area contributed by atoms with Crippen molar-refractivity contribution in [3.05, 3.63) is 58.6 Å². The quantitative estimate of drug-likeness (QED) is 0.891. The summed E-state index contributed by atoms with van der Waals surface area (Å²) in [5.41, 5.74) is 0.0221. The van der Waals surface area contributed by atoms with E-state index in [9.17, 15) is 9.59 Å². The Hall–Kier alpha value is -2.63. The van der Waals surface area contributed by atoms with Gasteiger partial charge >= 0.3 is 0 Å². The highest BCUT2D eigenvalue weighted by molar-refractivity contribution is 5.92. The zero-order valence-electron chi connectivity index (χ0n) is 12.2. The number of amides is 1. The van der Waals surface area contributed by atoms with Crippen LogP contribution in [-0.4, -0.2) is 35.0 Å². The van der Waals surface area contributed by atoms with Gasteiger partial charge in [-0.3, -0.25) is 9.59 Å². The van der Waals surface area contributed by atoms with Crippen molar-refractivity contribution in [3.63, 3.8) is 0 Å². The number of rotatable bonds is 3. The number of anilines is 1. The smallest absolute Gasteiger partial charge is 0.268 e. The first kappa shape index (κ1) is 14.3. The average Bonchev–Trinajstić information content (AvgIpc) is 2.56. The van der Waals surface area contributed by atoms with Crippen LogP contribution in [0.4, 0.5) is 5.82 Å². The van der Waals surface area contributed by atoms with Gasteiger partial charge < -0.3 is 15.2 Å². The van der Waals surface area contributed by atoms with Gasteiger partial charge in [-0.15, -0.1) is 0 Å². The van der Waals surface area contributed by atoms with Crippen molar-refractivity contribution in [2.45, 2.75) is 18.9 Å². The summed E-state index contributed by atoms with van der Waals surface area (Å²) >= 11 is 0. The summed E-state index contributed by atoms with van der Waals surface area (Å²) in [7, 11) is 0. The lowest BCUT2D eigenvalue weighted by Crippen LogP contribution is -2.48. The van der Waals surface area contributed by atoms with Gasteiger partial charge in [-0.2, -0.15) is 0 Å². The summed E-state index contributed by atoms with van der Waals surface area (Å²) in [6.45, 7) is 1.66. The van der Waals surface area contributed by atoms with E-state index in [2.05, 4.69) is 20.2 Å². The van der Waals surface area contributed by atoms with Crippen molar-refractivity contribution in [2.24, 2.45) is 0 Å². The van der Waals surface area contributed by atoms with Gasteiger partial charge in [-0.25, -0.2) is 4.98 Å². The van der Waals surface area contributed by atoms with Crippen LogP contribution in [0.25, 0.3) is 0 Å². The van der Waals surface area contributed by atoms with Crippen molar-refractivity contribution >= 4 is 11.7 Å². The predicted molar refractivity (Wildman–Crippen MR) is 84.0 cm³/mol. The number of nitrogens with zero attached hydrogens (tertiary/aromatic N) is 2. The van der Waals surface area contributed by atoms with Crippen LogP contribution in [0.3, 0.4) is 0 Å². The van der Waals surface area contributed by atoms with Gasteiger partial charge in [0.05, 0.1) is 0 Å². The van der Waals surface area contributed by atoms with Crippen molar-refractivity contribution in [2.75, 3.05) is 18.0 Å². The van der Waals surface area contributed by atoms with E-state index in [1.807, 2.05) is 18.2 Å². The van der Waals surface area contributed by atoms with Crippen LogP contribution in [0, 0.1) is 0 Å². The van der Waals surface area contributed by atoms with Gasteiger partial charge in [0.15, 0.2) is 0 Å². The van der Waals surface area contributed by atoms with Crippen LogP contribution in [0.5, 0.6) is 0 Å². The normalized spacial score (nSPS) is 18.0. The zero-order valence-corrected chi connectivity index (χ0v) is 12.2. The first-order valence-corrected chi connectivity index (χ1v) is 7.38. The van der Waals surface area contributed by atoms with Gasteiger partial charge in [-0.05, 0) is 31.0 Å². The minimum atomic E-state index is -0.272. The molecule has 0 spiro atoms. The first-order chi connectivity index (χ1) is 10.7. The molecule has 2 N–H and O–H groups in total. The molecule has 0 bridgehead atoms. The third-order valence-corrected chi connectivity index (χ3v) is 3.74. The van der Waals surface area contributed by atoms with Crippen LogP contribution in [0.1, 0.15) is 23.3 Å². The molecule has 1 amide bonds. The maximum Gasteiger partial charge on any atom is 0.268 e. The first-order valence-electron chi connectivity index (χ1n) is 7.38. The molecule has 3 heterocycles. The SMILES string of the molecule is O=C(N[C@@H]1CCCN(c2ccccn2)C1)c1cccc(=O)[nH]1. The third-order valence-electron chi connectivity index (χ3n) is 3.74. The Kier molecular flexibility index (Phi) is 4.18. The molecule has 22 heavy (non-hydrogen) atoms. The van der Waals surface area contributed by atoms with Gasteiger partial charge in [0.1, 0.15) is 11.5 Å². The number of H-pyrrole nitrogens is 1. The molecule has 0 aliphatic carbocycles. The van der Waals surface area contributed by atoms with E-state index in [1.54, 1.807) is 18.3 Å². The zero-order chi connectivity index (χ0) is 15.4. The Bertz CT molecular complexity index is 699. The molecule has 0 saturated carbocycles. The topological polar surface area (TPSA) is 78.1 Å². The molecular formula is C16H18N4O2. The Morgan fingerprint density at radius 3 is 2.95 bits per heavy atom. The molecule has 0 radical (unpaired) electrons. The van der Waals surface area contributed by atoms with Crippen LogP contribution in [0.15, 0.2) is 47.4 Å². The molecule has 1 aliphatic heterocycles. The monoisotopic (exact) mass is 298 g/mol. The maximum atomic E-state index is 12.2. The van der Waals surface area contributed by atoms with Gasteiger partial charge in [0, 0.05) is 31.4 Å². The number of hydrogen-bond donors (Lipinski definition) is 2. The van der Waals surface area contributed by atoms with Crippen LogP contribution in [-0.2, 0) is 0 Å². The highest BCUT2D eigenvalue weighted by atomic mass is 16.2. The molecule has 3 rings (SSSR count). The molecule has 1 fully saturated rings. The second-order valence-electron chi connectivity index (χ2n) is 5.38. The number of aromatic nitrogens is 2. The maximum absolute atomic E-state index is 12.2. The van der Waals surface area contributed by atoms with Crippen LogP contribution >= 0.6 is 0 Å². The molecule has 2 aromatic heterocycles. The van der Waals surface area contributed by atoms with Gasteiger partial charge in [-0.1, -0.05) is 12.1 Å². The number of aromatic amines is 1. The van der Waals surface area contributed by atoms with E-state index in [1.165, 1.54) is 6.07 Å². The van der Waals surface area contributed by atoms with Crippen molar-refractivity contribution < 1.29 is 4.79 Å². The Morgan fingerprint density at radius 1 is 1.27 bits per heavy atom. The Morgan fingerprint density at radius 2 is 2.18 bits per heavy atom. The van der Waals surface area contributed by atoms with Crippen molar-refractivity contribution in [3.8, 4) is 0 Å². The van der Waals surface area contributed by atoms with Crippen molar-refractivity contribution in [1.29, 1.82) is 0 Å². The third kappa shape index (κ3) is 3.33. The van der Waals surface area contributed by atoms with Crippen LogP contribution in [0.2, 0.25) is 0 Å². The Labute approximate surface area is 128 Å². The van der Waals surface area contributed by atoms with E-state index < -0.39 is 0 Å². The fourth-order valence-electron chi connectivity index (χ4n) is 2.69. The summed E-state index contributed by atoms with van der Waals surface area (Å²) < 4.78 is 0. The van der Waals surface area contributed by atoms with E-state index in [4.69, 9.17) is 0 Å². The summed E-state index contributed by atoms with van der Waals surface area (Å²) in [5.74, 6) is 0.681. The predicted octanol–water partition coefficient (Wildman–Crippen LogP) is 1.17. The lowest BCUT2D eigenvalue weighted by atomic mass is 10.1. The molecule has 1 aliphatic rings. The molecule has 1 saturated heterocycles. The number of piperidine rings is 1. The molecule has 0 aromatic carbocycles. The molecule has 0 unspecified atom stereocenters. The molecule has 6 heteroatoms. The standard InChI is InChI=1S/C16H18N4O2/c21-15-8-3-6-13(19-15)16(22)18-12-5-4-10-20(11-12)14-7-1-2-9-17-14/h1-3,6-9,12H,4-5,10-11H2,(H,18,22)(H,19,21)/t12-/m1/s1. The van der Waals surface area contributed by atoms with Crippen LogP contribution < -0.4 is 15.8 Å². The van der Waals surface area contributed by atoms with Gasteiger partial charge in [0.25, 0.3) is 5.91 Å². The lowest BCUT2D eigenvalue weighted by molar-refractivity contribution is 0.0928. The van der Waals surface area contributed by atoms with Crippen molar-refractivity contribution in [1.82, 2.24) is 15.3 Å². The molecule has 2 aromatic rings. The average molecular weight is 298 g/mol. The highest BCUT2D eigenvalue weighted by Gasteiger charge is 2.22. The highest BCUT2D eigenvalue weighted by Crippen LogP contribution is 2.17. The summed E-state index contributed by atoms with van der Waals surface area (Å²) in [6.07, 6.45) is 3.69. The summed E-state index contributed by atoms with van der Waals surface area (Å²) in [5, 5.41) is 2.98. The minimum Gasteiger partial charge on any atom is -0.355 e. The number of pyridine rings is 2. The van der Waals surface area contributed by atoms with E-state index in [-0.39, 0.29) is 17.5 Å². The number of carbonyl (C=O) groups excluding carboxylic acids is 1. The Balaban J connectivity index is 1.65. The van der Waals surface area contributed by atoms with E-state index in [0.717, 1.165) is 31.7 Å². The second-order valence-corrected chi connectivity index (χ2v) is 5.38.